The molecule has 15 heavy (non-hydrogen) atoms. The van der Waals surface area contributed by atoms with Gasteiger partial charge in [0.05, 0.1) is 21.9 Å². The van der Waals surface area contributed by atoms with Crippen molar-refractivity contribution in [1.29, 1.82) is 0 Å². The molecule has 0 N–H and O–H groups in total. The topological polar surface area (TPSA) is 60.4 Å². The summed E-state index contributed by atoms with van der Waals surface area (Å²) in [5, 5.41) is 0.0762. The zero-order chi connectivity index (χ0) is 11.6. The fraction of sp³-hybridized carbons (Fsp3) is 0.125. The van der Waals surface area contributed by atoms with Crippen LogP contribution in [0.25, 0.3) is 0 Å². The molecule has 0 amide bonds. The number of hydrogen-bond donors (Lipinski definition) is 0. The van der Waals surface area contributed by atoms with E-state index in [9.17, 15) is 13.2 Å². The molecule has 0 saturated heterocycles. The van der Waals surface area contributed by atoms with Gasteiger partial charge in [0.1, 0.15) is 0 Å². The molecule has 0 heterocycles. The first-order chi connectivity index (χ1) is 6.81. The van der Waals surface area contributed by atoms with Gasteiger partial charge in [-0.1, -0.05) is 29.3 Å². The number of carbonyl (C=O) groups is 1. The number of halogens is 2. The molecule has 82 valence electrons. The van der Waals surface area contributed by atoms with Crippen molar-refractivity contribution in [3.05, 3.63) is 33.8 Å². The molecular weight excluding hydrogens is 263 g/mol. The van der Waals surface area contributed by atoms with Crippen molar-refractivity contribution in [1.82, 2.24) is 0 Å². The van der Waals surface area contributed by atoms with Crippen molar-refractivity contribution in [2.45, 2.75) is 0 Å². The first kappa shape index (κ1) is 12.3. The molecule has 0 aliphatic heterocycles. The summed E-state index contributed by atoms with van der Waals surface area (Å²) in [7, 11) is -3.87. The van der Waals surface area contributed by atoms with E-state index in [0.29, 0.717) is 0 Å². The number of benzene rings is 1. The SMILES string of the molecule is CS(=O)(=O)OC(=O)c1c(Cl)cccc1Cl. The van der Waals surface area contributed by atoms with Gasteiger partial charge in [0.25, 0.3) is 0 Å². The Labute approximate surface area is 96.9 Å². The van der Waals surface area contributed by atoms with Crippen LogP contribution in [0, 0.1) is 0 Å². The highest BCUT2D eigenvalue weighted by Gasteiger charge is 2.19. The van der Waals surface area contributed by atoms with E-state index < -0.39 is 16.1 Å². The summed E-state index contributed by atoms with van der Waals surface area (Å²) < 4.78 is 25.6. The minimum absolute atomic E-state index is 0.0381. The molecule has 1 aromatic carbocycles. The fourth-order valence-electron chi connectivity index (χ4n) is 0.872. The van der Waals surface area contributed by atoms with Gasteiger partial charge in [-0.3, -0.25) is 0 Å². The molecule has 0 bridgehead atoms. The average Bonchev–Trinajstić information content (AvgIpc) is 1.99. The minimum Gasteiger partial charge on any atom is -0.341 e. The highest BCUT2D eigenvalue weighted by molar-refractivity contribution is 7.86. The van der Waals surface area contributed by atoms with E-state index in [0.717, 1.165) is 6.26 Å². The van der Waals surface area contributed by atoms with Gasteiger partial charge < -0.3 is 4.18 Å². The molecule has 1 aromatic rings. The molecule has 7 heteroatoms. The smallest absolute Gasteiger partial charge is 0.341 e. The average molecular weight is 269 g/mol. The van der Waals surface area contributed by atoms with Crippen molar-refractivity contribution in [3.63, 3.8) is 0 Å². The lowest BCUT2D eigenvalue weighted by Gasteiger charge is -2.04. The van der Waals surface area contributed by atoms with Gasteiger partial charge >= 0.3 is 16.1 Å². The fourth-order valence-corrected chi connectivity index (χ4v) is 1.78. The second kappa shape index (κ2) is 4.38. The van der Waals surface area contributed by atoms with Crippen LogP contribution in [0.3, 0.4) is 0 Å². The van der Waals surface area contributed by atoms with Crippen molar-refractivity contribution in [2.75, 3.05) is 6.26 Å². The molecule has 0 aromatic heterocycles. The summed E-state index contributed by atoms with van der Waals surface area (Å²) >= 11 is 11.3. The molecule has 0 radical (unpaired) electrons. The number of rotatable bonds is 2. The maximum atomic E-state index is 11.3. The Morgan fingerprint density at radius 2 is 1.73 bits per heavy atom. The maximum absolute atomic E-state index is 11.3. The van der Waals surface area contributed by atoms with Gasteiger partial charge in [-0.25, -0.2) is 4.79 Å². The van der Waals surface area contributed by atoms with Gasteiger partial charge in [0.2, 0.25) is 0 Å². The number of carbonyl (C=O) groups excluding carboxylic acids is 1. The standard InChI is InChI=1S/C8H6Cl2O4S/c1-15(12,13)14-8(11)7-5(9)3-2-4-6(7)10/h2-4H,1H3. The van der Waals surface area contributed by atoms with Gasteiger partial charge in [0, 0.05) is 0 Å². The Balaban J connectivity index is 3.12. The van der Waals surface area contributed by atoms with E-state index in [1.807, 2.05) is 0 Å². The van der Waals surface area contributed by atoms with E-state index in [1.54, 1.807) is 0 Å². The van der Waals surface area contributed by atoms with Gasteiger partial charge in [-0.2, -0.15) is 8.42 Å². The third-order valence-corrected chi connectivity index (χ3v) is 2.48. The third kappa shape index (κ3) is 3.37. The van der Waals surface area contributed by atoms with Crippen LogP contribution in [-0.4, -0.2) is 20.6 Å². The summed E-state index contributed by atoms with van der Waals surface area (Å²) in [5.41, 5.74) is -0.161. The summed E-state index contributed by atoms with van der Waals surface area (Å²) in [5.74, 6) is -1.09. The highest BCUT2D eigenvalue weighted by Crippen LogP contribution is 2.25. The molecule has 0 aliphatic rings. The van der Waals surface area contributed by atoms with Crippen LogP contribution in [0.4, 0.5) is 0 Å². The van der Waals surface area contributed by atoms with Crippen LogP contribution >= 0.6 is 23.2 Å². The summed E-state index contributed by atoms with van der Waals surface area (Å²) in [4.78, 5) is 11.3. The Kier molecular flexibility index (Phi) is 3.59. The minimum atomic E-state index is -3.87. The lowest BCUT2D eigenvalue weighted by atomic mass is 10.2. The Bertz CT molecular complexity index is 475. The van der Waals surface area contributed by atoms with E-state index in [2.05, 4.69) is 4.18 Å². The molecular formula is C8H6Cl2O4S. The Hall–Kier alpha value is -0.780. The molecule has 0 aliphatic carbocycles. The van der Waals surface area contributed by atoms with Crippen LogP contribution in [0.15, 0.2) is 18.2 Å². The molecule has 0 fully saturated rings. The maximum Gasteiger partial charge on any atom is 0.356 e. The van der Waals surface area contributed by atoms with Crippen LogP contribution < -0.4 is 0 Å². The molecule has 1 rings (SSSR count). The van der Waals surface area contributed by atoms with Gasteiger partial charge in [-0.15, -0.1) is 0 Å². The zero-order valence-corrected chi connectivity index (χ0v) is 9.86. The largest absolute Gasteiger partial charge is 0.356 e. The van der Waals surface area contributed by atoms with Crippen molar-refractivity contribution in [2.24, 2.45) is 0 Å². The number of hydrogen-bond acceptors (Lipinski definition) is 4. The van der Waals surface area contributed by atoms with Crippen LogP contribution in [-0.2, 0) is 14.3 Å². The third-order valence-electron chi connectivity index (χ3n) is 1.39. The highest BCUT2D eigenvalue weighted by atomic mass is 35.5. The van der Waals surface area contributed by atoms with Crippen LogP contribution in [0.1, 0.15) is 10.4 Å². The second-order valence-corrected chi connectivity index (χ2v) is 5.06. The molecule has 0 unspecified atom stereocenters. The second-order valence-electron chi connectivity index (χ2n) is 2.67. The predicted octanol–water partition coefficient (Wildman–Crippen LogP) is 2.11. The van der Waals surface area contributed by atoms with E-state index in [1.165, 1.54) is 18.2 Å². The molecule has 0 atom stereocenters. The summed E-state index contributed by atoms with van der Waals surface area (Å²) in [6.45, 7) is 0. The van der Waals surface area contributed by atoms with Crippen LogP contribution in [0.2, 0.25) is 10.0 Å². The normalized spacial score (nSPS) is 11.1. The van der Waals surface area contributed by atoms with Crippen molar-refractivity contribution >= 4 is 39.3 Å². The summed E-state index contributed by atoms with van der Waals surface area (Å²) in [6.07, 6.45) is 0.760. The van der Waals surface area contributed by atoms with Crippen molar-refractivity contribution < 1.29 is 17.4 Å². The first-order valence-corrected chi connectivity index (χ1v) is 6.26. The first-order valence-electron chi connectivity index (χ1n) is 3.69. The lowest BCUT2D eigenvalue weighted by molar-refractivity contribution is 0.0749. The predicted molar refractivity (Wildman–Crippen MR) is 56.7 cm³/mol. The van der Waals surface area contributed by atoms with E-state index in [4.69, 9.17) is 23.2 Å². The molecule has 4 nitrogen and oxygen atoms in total. The molecule has 0 spiro atoms. The van der Waals surface area contributed by atoms with E-state index in [-0.39, 0.29) is 15.6 Å². The van der Waals surface area contributed by atoms with E-state index >= 15 is 0 Å². The van der Waals surface area contributed by atoms with Crippen LogP contribution in [0.5, 0.6) is 0 Å². The molecule has 0 saturated carbocycles. The Morgan fingerprint density at radius 3 is 2.13 bits per heavy atom. The monoisotopic (exact) mass is 268 g/mol. The zero-order valence-electron chi connectivity index (χ0n) is 7.53. The lowest BCUT2D eigenvalue weighted by Crippen LogP contribution is -2.12. The summed E-state index contributed by atoms with van der Waals surface area (Å²) in [6, 6.07) is 4.35. The van der Waals surface area contributed by atoms with Gasteiger partial charge in [0.15, 0.2) is 0 Å². The Morgan fingerprint density at radius 1 is 1.27 bits per heavy atom. The van der Waals surface area contributed by atoms with Crippen molar-refractivity contribution in [3.8, 4) is 0 Å². The van der Waals surface area contributed by atoms with Gasteiger partial charge in [-0.05, 0) is 12.1 Å². The quantitative estimate of drug-likeness (QED) is 0.771.